The van der Waals surface area contributed by atoms with Gasteiger partial charge in [-0.25, -0.2) is 0 Å². The van der Waals surface area contributed by atoms with Crippen LogP contribution in [0.4, 0.5) is 5.69 Å². The Balaban J connectivity index is 1.95. The average Bonchev–Trinajstić information content (AvgIpc) is 3.18. The number of rotatable bonds is 5. The molecule has 3 aromatic carbocycles. The van der Waals surface area contributed by atoms with Gasteiger partial charge < -0.3 is 10.1 Å². The Morgan fingerprint density at radius 2 is 1.77 bits per heavy atom. The molecule has 35 heavy (non-hydrogen) atoms. The summed E-state index contributed by atoms with van der Waals surface area (Å²) in [6, 6.07) is 22.6. The number of hydrogen-bond donors (Lipinski definition) is 1. The molecule has 0 saturated heterocycles. The van der Waals surface area contributed by atoms with Crippen LogP contribution in [0, 0.1) is 11.3 Å². The van der Waals surface area contributed by atoms with Gasteiger partial charge in [0.25, 0.3) is 11.5 Å². The topological polar surface area (TPSA) is 84.1 Å². The number of thiazole rings is 1. The number of carbonyl (C=O) groups is 1. The van der Waals surface area contributed by atoms with Crippen molar-refractivity contribution in [1.82, 2.24) is 4.57 Å². The van der Waals surface area contributed by atoms with Crippen LogP contribution in [0.15, 0.2) is 77.6 Å². The summed E-state index contributed by atoms with van der Waals surface area (Å²) in [6.45, 7) is 0. The van der Waals surface area contributed by atoms with Crippen molar-refractivity contribution in [1.29, 1.82) is 5.26 Å². The standard InChI is InChI=1S/C26H17Cl2N3O3S/c1-34-22-10-6-5-7-16(22)13-23-25(33)31(18-8-3-2-4-9-18)26(35-23)19(15-29)24(32)30-17-11-12-20(27)21(28)14-17/h2-14H,1H3,(H,30,32)/b23-13+,26-19-. The number of hydrogen-bond acceptors (Lipinski definition) is 5. The number of carbonyl (C=O) groups excluding carboxylic acids is 1. The second-order valence-corrected chi connectivity index (χ2v) is 9.05. The molecule has 0 atom stereocenters. The third-order valence-corrected chi connectivity index (χ3v) is 6.83. The summed E-state index contributed by atoms with van der Waals surface area (Å²) in [5.74, 6) is -0.0874. The molecular formula is C26H17Cl2N3O3S. The molecule has 0 fully saturated rings. The van der Waals surface area contributed by atoms with Crippen LogP contribution in [0.25, 0.3) is 17.3 Å². The van der Waals surface area contributed by atoms with Crippen molar-refractivity contribution < 1.29 is 9.53 Å². The zero-order chi connectivity index (χ0) is 24.9. The molecule has 0 saturated carbocycles. The van der Waals surface area contributed by atoms with Gasteiger partial charge in [-0.15, -0.1) is 11.3 Å². The Morgan fingerprint density at radius 3 is 2.46 bits per heavy atom. The second-order valence-electron chi connectivity index (χ2n) is 7.20. The maximum atomic E-state index is 13.5. The van der Waals surface area contributed by atoms with E-state index in [4.69, 9.17) is 27.9 Å². The van der Waals surface area contributed by atoms with E-state index in [1.54, 1.807) is 49.6 Å². The number of halogens is 2. The number of nitrogens with one attached hydrogen (secondary N) is 1. The van der Waals surface area contributed by atoms with Gasteiger partial charge in [-0.1, -0.05) is 59.6 Å². The quantitative estimate of drug-likeness (QED) is 0.423. The van der Waals surface area contributed by atoms with Crippen LogP contribution in [0.3, 0.4) is 0 Å². The summed E-state index contributed by atoms with van der Waals surface area (Å²) in [7, 11) is 1.55. The van der Waals surface area contributed by atoms with Crippen LogP contribution in [-0.2, 0) is 4.79 Å². The van der Waals surface area contributed by atoms with E-state index in [-0.39, 0.29) is 20.8 Å². The number of amides is 1. The van der Waals surface area contributed by atoms with Crippen molar-refractivity contribution in [2.24, 2.45) is 0 Å². The fraction of sp³-hybridized carbons (Fsp3) is 0.0385. The molecule has 4 rings (SSSR count). The first-order chi connectivity index (χ1) is 16.9. The maximum absolute atomic E-state index is 13.5. The van der Waals surface area contributed by atoms with Crippen molar-refractivity contribution in [3.05, 3.63) is 108 Å². The first kappa shape index (κ1) is 24.3. The van der Waals surface area contributed by atoms with Crippen LogP contribution in [-0.4, -0.2) is 17.6 Å². The Bertz CT molecular complexity index is 1640. The molecule has 1 heterocycles. The molecule has 0 aliphatic rings. The largest absolute Gasteiger partial charge is 0.496 e. The van der Waals surface area contributed by atoms with Gasteiger partial charge in [0, 0.05) is 11.3 Å². The van der Waals surface area contributed by atoms with E-state index in [0.717, 1.165) is 11.3 Å². The third-order valence-electron chi connectivity index (χ3n) is 4.99. The van der Waals surface area contributed by atoms with Crippen LogP contribution < -0.4 is 24.8 Å². The molecule has 0 aliphatic heterocycles. The number of para-hydroxylation sites is 2. The monoisotopic (exact) mass is 521 g/mol. The minimum atomic E-state index is -0.680. The average molecular weight is 522 g/mol. The van der Waals surface area contributed by atoms with Gasteiger partial charge in [-0.2, -0.15) is 5.26 Å². The number of nitriles is 1. The van der Waals surface area contributed by atoms with E-state index in [1.165, 1.54) is 16.7 Å². The Morgan fingerprint density at radius 1 is 1.06 bits per heavy atom. The fourth-order valence-electron chi connectivity index (χ4n) is 3.35. The van der Waals surface area contributed by atoms with E-state index >= 15 is 0 Å². The molecule has 1 N–H and O–H groups in total. The summed E-state index contributed by atoms with van der Waals surface area (Å²) >= 11 is 13.0. The van der Waals surface area contributed by atoms with E-state index in [0.29, 0.717) is 32.2 Å². The highest BCUT2D eigenvalue weighted by atomic mass is 35.5. The summed E-state index contributed by atoms with van der Waals surface area (Å²) in [4.78, 5) is 26.6. The summed E-state index contributed by atoms with van der Waals surface area (Å²) in [6.07, 6.45) is 1.68. The Labute approximate surface area is 214 Å². The van der Waals surface area contributed by atoms with Crippen molar-refractivity contribution in [2.75, 3.05) is 12.4 Å². The fourth-order valence-corrected chi connectivity index (χ4v) is 4.74. The van der Waals surface area contributed by atoms with Crippen molar-refractivity contribution in [3.63, 3.8) is 0 Å². The predicted molar refractivity (Wildman–Crippen MR) is 140 cm³/mol. The van der Waals surface area contributed by atoms with Gasteiger partial charge >= 0.3 is 0 Å². The van der Waals surface area contributed by atoms with E-state index < -0.39 is 5.91 Å². The van der Waals surface area contributed by atoms with Gasteiger partial charge in [-0.05, 0) is 42.5 Å². The lowest BCUT2D eigenvalue weighted by atomic mass is 10.2. The van der Waals surface area contributed by atoms with E-state index in [9.17, 15) is 14.9 Å². The highest BCUT2D eigenvalue weighted by molar-refractivity contribution is 7.07. The molecule has 174 valence electrons. The third kappa shape index (κ3) is 5.15. The second kappa shape index (κ2) is 10.6. The van der Waals surface area contributed by atoms with Crippen LogP contribution in [0.1, 0.15) is 5.56 Å². The van der Waals surface area contributed by atoms with Crippen molar-refractivity contribution in [3.8, 4) is 17.5 Å². The number of methoxy groups -OCH3 is 1. The van der Waals surface area contributed by atoms with Crippen molar-refractivity contribution in [2.45, 2.75) is 0 Å². The smallest absolute Gasteiger partial charge is 0.273 e. The molecule has 9 heteroatoms. The zero-order valence-electron chi connectivity index (χ0n) is 18.3. The van der Waals surface area contributed by atoms with Crippen LogP contribution >= 0.6 is 34.5 Å². The van der Waals surface area contributed by atoms with Gasteiger partial charge in [-0.3, -0.25) is 14.2 Å². The molecule has 0 bridgehead atoms. The lowest BCUT2D eigenvalue weighted by Crippen LogP contribution is -2.32. The molecule has 6 nitrogen and oxygen atoms in total. The summed E-state index contributed by atoms with van der Waals surface area (Å²) in [5, 5.41) is 13.2. The molecule has 1 aromatic heterocycles. The number of aromatic nitrogens is 1. The first-order valence-electron chi connectivity index (χ1n) is 10.3. The molecule has 0 aliphatic carbocycles. The first-order valence-corrected chi connectivity index (χ1v) is 11.8. The molecular weight excluding hydrogens is 505 g/mol. The van der Waals surface area contributed by atoms with Crippen LogP contribution in [0.2, 0.25) is 10.0 Å². The Hall–Kier alpha value is -3.83. The number of anilines is 1. The maximum Gasteiger partial charge on any atom is 0.273 e. The lowest BCUT2D eigenvalue weighted by molar-refractivity contribution is -0.111. The molecule has 0 spiro atoms. The minimum absolute atomic E-state index is 0.197. The highest BCUT2D eigenvalue weighted by Crippen LogP contribution is 2.25. The van der Waals surface area contributed by atoms with Crippen LogP contribution in [0.5, 0.6) is 5.75 Å². The van der Waals surface area contributed by atoms with E-state index in [2.05, 4.69) is 5.32 Å². The van der Waals surface area contributed by atoms with Gasteiger partial charge in [0.15, 0.2) is 5.57 Å². The molecule has 0 unspecified atom stereocenters. The normalized spacial score (nSPS) is 12.1. The SMILES string of the molecule is COc1ccccc1/C=c1/s/c(=C(/C#N)C(=O)Nc2ccc(Cl)c(Cl)c2)n(-c2ccccc2)c1=O. The minimum Gasteiger partial charge on any atom is -0.496 e. The number of benzene rings is 3. The number of ether oxygens (including phenoxy) is 1. The van der Waals surface area contributed by atoms with Gasteiger partial charge in [0.2, 0.25) is 0 Å². The molecule has 4 aromatic rings. The van der Waals surface area contributed by atoms with Gasteiger partial charge in [0.05, 0.1) is 27.4 Å². The summed E-state index contributed by atoms with van der Waals surface area (Å²) in [5.41, 5.74) is 0.999. The summed E-state index contributed by atoms with van der Waals surface area (Å²) < 4.78 is 7.29. The lowest BCUT2D eigenvalue weighted by Gasteiger charge is -2.06. The predicted octanol–water partition coefficient (Wildman–Crippen LogP) is 4.36. The zero-order valence-corrected chi connectivity index (χ0v) is 20.6. The molecule has 0 radical (unpaired) electrons. The Kier molecular flexibility index (Phi) is 7.37. The van der Waals surface area contributed by atoms with Gasteiger partial charge in [0.1, 0.15) is 16.5 Å². The van der Waals surface area contributed by atoms with Crippen molar-refractivity contribution >= 4 is 57.8 Å². The molecule has 1 amide bonds. The number of nitrogens with zero attached hydrogens (tertiary/aromatic N) is 2. The van der Waals surface area contributed by atoms with E-state index in [1.807, 2.05) is 30.3 Å². The highest BCUT2D eigenvalue weighted by Gasteiger charge is 2.18.